The van der Waals surface area contributed by atoms with E-state index in [1.54, 1.807) is 30.3 Å². The minimum atomic E-state index is -1.35. The lowest BCUT2D eigenvalue weighted by Crippen LogP contribution is -2.21. The van der Waals surface area contributed by atoms with Crippen molar-refractivity contribution >= 4 is 16.7 Å². The van der Waals surface area contributed by atoms with E-state index in [2.05, 4.69) is 0 Å². The van der Waals surface area contributed by atoms with Gasteiger partial charge in [-0.05, 0) is 34.5 Å². The number of carboxylic acids is 1. The highest BCUT2D eigenvalue weighted by molar-refractivity contribution is 5.84. The van der Waals surface area contributed by atoms with Gasteiger partial charge in [-0.1, -0.05) is 18.2 Å². The quantitative estimate of drug-likeness (QED) is 0.668. The topological polar surface area (TPSA) is 98.0 Å². The van der Waals surface area contributed by atoms with E-state index >= 15 is 0 Å². The molecule has 0 amide bonds. The fourth-order valence-corrected chi connectivity index (χ4v) is 1.95. The molecule has 2 rings (SSSR count). The van der Waals surface area contributed by atoms with E-state index in [0.717, 1.165) is 10.8 Å². The van der Waals surface area contributed by atoms with Gasteiger partial charge in [-0.2, -0.15) is 0 Å². The Hall–Kier alpha value is -2.11. The summed E-state index contributed by atoms with van der Waals surface area (Å²) in [5, 5.41) is 39.0. The van der Waals surface area contributed by atoms with Gasteiger partial charge in [0.25, 0.3) is 0 Å². The fourth-order valence-electron chi connectivity index (χ4n) is 1.95. The molecule has 0 heterocycles. The smallest absolute Gasteiger partial charge is 0.306 e. The van der Waals surface area contributed by atoms with Gasteiger partial charge in [-0.3, -0.25) is 4.79 Å². The molecular weight excluding hydrogens is 248 g/mol. The first-order valence-corrected chi connectivity index (χ1v) is 5.78. The third-order valence-electron chi connectivity index (χ3n) is 2.94. The van der Waals surface area contributed by atoms with E-state index in [1.807, 2.05) is 0 Å². The molecule has 0 bridgehead atoms. The number of phenols is 1. The molecule has 0 aliphatic rings. The van der Waals surface area contributed by atoms with Crippen LogP contribution in [-0.4, -0.2) is 32.5 Å². The van der Waals surface area contributed by atoms with Crippen LogP contribution in [0.1, 0.15) is 18.1 Å². The number of hydrogen-bond donors (Lipinski definition) is 4. The molecule has 19 heavy (non-hydrogen) atoms. The number of benzene rings is 2. The Morgan fingerprint density at radius 1 is 1.05 bits per heavy atom. The average molecular weight is 262 g/mol. The van der Waals surface area contributed by atoms with Gasteiger partial charge in [-0.25, -0.2) is 0 Å². The number of rotatable bonds is 4. The normalized spacial score (nSPS) is 14.2. The van der Waals surface area contributed by atoms with Crippen LogP contribution >= 0.6 is 0 Å². The Morgan fingerprint density at radius 2 is 1.68 bits per heavy atom. The van der Waals surface area contributed by atoms with Gasteiger partial charge in [0.15, 0.2) is 0 Å². The Kier molecular flexibility index (Phi) is 3.69. The molecule has 2 aromatic rings. The summed E-state index contributed by atoms with van der Waals surface area (Å²) >= 11 is 0. The van der Waals surface area contributed by atoms with Crippen LogP contribution in [0.4, 0.5) is 0 Å². The first-order chi connectivity index (χ1) is 8.97. The fraction of sp³-hybridized carbons (Fsp3) is 0.214. The number of carboxylic acid groups (broad SMARTS) is 1. The number of hydrogen-bond acceptors (Lipinski definition) is 4. The number of carbonyl (C=O) groups is 1. The lowest BCUT2D eigenvalue weighted by atomic mass is 9.99. The average Bonchev–Trinajstić information content (AvgIpc) is 2.36. The zero-order valence-corrected chi connectivity index (χ0v) is 10.0. The van der Waals surface area contributed by atoms with E-state index < -0.39 is 24.6 Å². The van der Waals surface area contributed by atoms with Crippen molar-refractivity contribution in [2.24, 2.45) is 0 Å². The Bertz CT molecular complexity index is 608. The van der Waals surface area contributed by atoms with Crippen LogP contribution in [0.25, 0.3) is 10.8 Å². The molecular formula is C14H14O5. The maximum atomic E-state index is 10.5. The summed E-state index contributed by atoms with van der Waals surface area (Å²) in [5.74, 6) is -1.02. The SMILES string of the molecule is O=C(O)CC(O)C(O)c1ccc2cc(O)ccc2c1. The molecule has 0 aliphatic heterocycles. The van der Waals surface area contributed by atoms with Crippen LogP contribution in [0.3, 0.4) is 0 Å². The summed E-state index contributed by atoms with van der Waals surface area (Å²) in [6.45, 7) is 0. The summed E-state index contributed by atoms with van der Waals surface area (Å²) in [7, 11) is 0. The highest BCUT2D eigenvalue weighted by Gasteiger charge is 2.21. The predicted molar refractivity (Wildman–Crippen MR) is 68.8 cm³/mol. The molecule has 0 saturated carbocycles. The molecule has 2 unspecified atom stereocenters. The van der Waals surface area contributed by atoms with Crippen molar-refractivity contribution in [3.05, 3.63) is 42.0 Å². The van der Waals surface area contributed by atoms with E-state index in [4.69, 9.17) is 5.11 Å². The van der Waals surface area contributed by atoms with Crippen LogP contribution in [0, 0.1) is 0 Å². The first kappa shape index (κ1) is 13.3. The summed E-state index contributed by atoms with van der Waals surface area (Å²) < 4.78 is 0. The number of aliphatic hydroxyl groups excluding tert-OH is 2. The van der Waals surface area contributed by atoms with Crippen LogP contribution in [0.5, 0.6) is 5.75 Å². The highest BCUT2D eigenvalue weighted by atomic mass is 16.4. The molecule has 4 N–H and O–H groups in total. The Balaban J connectivity index is 2.30. The van der Waals surface area contributed by atoms with Gasteiger partial charge in [0.2, 0.25) is 0 Å². The lowest BCUT2D eigenvalue weighted by Gasteiger charge is -2.17. The minimum absolute atomic E-state index is 0.145. The minimum Gasteiger partial charge on any atom is -0.508 e. The van der Waals surface area contributed by atoms with Gasteiger partial charge < -0.3 is 20.4 Å². The van der Waals surface area contributed by atoms with Crippen molar-refractivity contribution in [1.82, 2.24) is 0 Å². The molecule has 0 spiro atoms. The second-order valence-electron chi connectivity index (χ2n) is 4.40. The predicted octanol–water partition coefficient (Wildman–Crippen LogP) is 1.41. The van der Waals surface area contributed by atoms with E-state index in [0.29, 0.717) is 5.56 Å². The van der Waals surface area contributed by atoms with Crippen LogP contribution in [0.15, 0.2) is 36.4 Å². The molecule has 0 aromatic heterocycles. The largest absolute Gasteiger partial charge is 0.508 e. The molecule has 2 atom stereocenters. The lowest BCUT2D eigenvalue weighted by molar-refractivity contribution is -0.141. The Labute approximate surface area is 109 Å². The molecule has 0 radical (unpaired) electrons. The molecule has 5 heteroatoms. The Morgan fingerprint density at radius 3 is 2.37 bits per heavy atom. The van der Waals surface area contributed by atoms with Crippen molar-refractivity contribution in [1.29, 1.82) is 0 Å². The van der Waals surface area contributed by atoms with Crippen LogP contribution in [-0.2, 0) is 4.79 Å². The van der Waals surface area contributed by atoms with Gasteiger partial charge in [-0.15, -0.1) is 0 Å². The van der Waals surface area contributed by atoms with Gasteiger partial charge in [0.05, 0.1) is 12.5 Å². The number of aliphatic carboxylic acids is 1. The molecule has 100 valence electrons. The van der Waals surface area contributed by atoms with Gasteiger partial charge >= 0.3 is 5.97 Å². The van der Waals surface area contributed by atoms with Crippen LogP contribution in [0.2, 0.25) is 0 Å². The van der Waals surface area contributed by atoms with Crippen molar-refractivity contribution in [2.45, 2.75) is 18.6 Å². The number of fused-ring (bicyclic) bond motifs is 1. The van der Waals surface area contributed by atoms with Crippen molar-refractivity contribution in [2.75, 3.05) is 0 Å². The molecule has 0 saturated heterocycles. The number of phenolic OH excluding ortho intramolecular Hbond substituents is 1. The van der Waals surface area contributed by atoms with E-state index in [1.165, 1.54) is 6.07 Å². The van der Waals surface area contributed by atoms with E-state index in [-0.39, 0.29) is 5.75 Å². The summed E-state index contributed by atoms with van der Waals surface area (Å²) in [5.41, 5.74) is 0.437. The second-order valence-corrected chi connectivity index (χ2v) is 4.40. The van der Waals surface area contributed by atoms with Gasteiger partial charge in [0, 0.05) is 0 Å². The van der Waals surface area contributed by atoms with Crippen LogP contribution < -0.4 is 0 Å². The van der Waals surface area contributed by atoms with E-state index in [9.17, 15) is 20.1 Å². The highest BCUT2D eigenvalue weighted by Crippen LogP contribution is 2.25. The maximum absolute atomic E-state index is 10.5. The standard InChI is InChI=1S/C14H14O5/c15-11-4-3-8-5-10(2-1-9(8)6-11)14(19)12(16)7-13(17)18/h1-6,12,14-16,19H,7H2,(H,17,18). The monoisotopic (exact) mass is 262 g/mol. The molecule has 2 aromatic carbocycles. The first-order valence-electron chi connectivity index (χ1n) is 5.78. The van der Waals surface area contributed by atoms with Crippen molar-refractivity contribution in [3.8, 4) is 5.75 Å². The van der Waals surface area contributed by atoms with Crippen molar-refractivity contribution in [3.63, 3.8) is 0 Å². The number of aliphatic hydroxyl groups is 2. The molecule has 0 fully saturated rings. The molecule has 0 aliphatic carbocycles. The summed E-state index contributed by atoms with van der Waals surface area (Å²) in [4.78, 5) is 10.5. The third-order valence-corrected chi connectivity index (χ3v) is 2.94. The van der Waals surface area contributed by atoms with Crippen molar-refractivity contribution < 1.29 is 25.2 Å². The summed E-state index contributed by atoms with van der Waals surface area (Å²) in [6.07, 6.45) is -3.13. The zero-order chi connectivity index (χ0) is 14.0. The third kappa shape index (κ3) is 3.01. The summed E-state index contributed by atoms with van der Waals surface area (Å²) in [6, 6.07) is 9.74. The maximum Gasteiger partial charge on any atom is 0.306 e. The molecule has 5 nitrogen and oxygen atoms in total. The van der Waals surface area contributed by atoms with Gasteiger partial charge in [0.1, 0.15) is 11.9 Å². The number of aromatic hydroxyl groups is 1. The second kappa shape index (κ2) is 5.26. The zero-order valence-electron chi connectivity index (χ0n) is 10.0.